The molecule has 0 bridgehead atoms. The maximum Gasteiger partial charge on any atom is 0.168 e. The lowest BCUT2D eigenvalue weighted by Gasteiger charge is -1.86. The second-order valence-corrected chi connectivity index (χ2v) is 3.89. The Morgan fingerprint density at radius 3 is 2.67 bits per heavy atom. The highest BCUT2D eigenvalue weighted by Crippen LogP contribution is 2.26. The highest BCUT2D eigenvalue weighted by molar-refractivity contribution is 7.99. The molecule has 64 valence electrons. The molecule has 1 rings (SSSR count). The summed E-state index contributed by atoms with van der Waals surface area (Å²) in [6.45, 7) is 7.26. The van der Waals surface area contributed by atoms with E-state index < -0.39 is 0 Å². The van der Waals surface area contributed by atoms with E-state index in [2.05, 4.69) is 18.1 Å². The third-order valence-electron chi connectivity index (χ3n) is 1.17. The molecule has 0 atom stereocenters. The van der Waals surface area contributed by atoms with Crippen LogP contribution in [0.15, 0.2) is 17.5 Å². The van der Waals surface area contributed by atoms with E-state index in [1.807, 2.05) is 4.89 Å². The molecule has 0 aliphatic heterocycles. The Bertz CT molecular complexity index is 270. The van der Waals surface area contributed by atoms with Crippen LogP contribution in [0.5, 0.6) is 0 Å². The van der Waals surface area contributed by atoms with Crippen molar-refractivity contribution in [3.8, 4) is 0 Å². The first-order chi connectivity index (χ1) is 5.81. The molecule has 0 radical (unpaired) electrons. The molecule has 3 nitrogen and oxygen atoms in total. The summed E-state index contributed by atoms with van der Waals surface area (Å²) in [5.74, 6) is 0. The third-order valence-corrected chi connectivity index (χ3v) is 2.89. The van der Waals surface area contributed by atoms with Crippen molar-refractivity contribution in [2.24, 2.45) is 0 Å². The van der Waals surface area contributed by atoms with Crippen molar-refractivity contribution in [2.45, 2.75) is 4.34 Å². The number of hydrogen-bond donors (Lipinski definition) is 2. The monoisotopic (exact) mass is 200 g/mol. The molecule has 0 unspecified atom stereocenters. The van der Waals surface area contributed by atoms with Gasteiger partial charge in [0, 0.05) is 11.9 Å². The molecule has 0 aliphatic rings. The molecule has 0 spiro atoms. The van der Waals surface area contributed by atoms with Gasteiger partial charge in [-0.05, 0) is 12.2 Å². The zero-order valence-electron chi connectivity index (χ0n) is 6.28. The number of aromatic nitrogens is 1. The highest BCUT2D eigenvalue weighted by atomic mass is 32.2. The minimum atomic E-state index is 0.738. The van der Waals surface area contributed by atoms with Crippen LogP contribution in [0.25, 0.3) is 12.2 Å². The summed E-state index contributed by atoms with van der Waals surface area (Å²) in [4.78, 5) is 7.09. The number of nitrogens with one attached hydrogen (secondary N) is 1. The fourth-order valence-corrected chi connectivity index (χ4v) is 2.12. The van der Waals surface area contributed by atoms with Gasteiger partial charge in [-0.1, -0.05) is 13.2 Å². The largest absolute Gasteiger partial charge is 0.306 e. The van der Waals surface area contributed by atoms with E-state index >= 15 is 0 Å². The van der Waals surface area contributed by atoms with Gasteiger partial charge in [-0.2, -0.15) is 0 Å². The standard InChI is InChI=1S/C7H8N2OS2/c1-3-5-6(4-2)11-7(8-5)12-9-10/h3-4,9-10H,1-2H2. The average molecular weight is 200 g/mol. The van der Waals surface area contributed by atoms with Gasteiger partial charge in [-0.3, -0.25) is 0 Å². The van der Waals surface area contributed by atoms with E-state index in [9.17, 15) is 0 Å². The van der Waals surface area contributed by atoms with Crippen LogP contribution >= 0.6 is 23.3 Å². The zero-order valence-corrected chi connectivity index (χ0v) is 7.91. The summed E-state index contributed by atoms with van der Waals surface area (Å²) in [6, 6.07) is 0. The average Bonchev–Trinajstić information content (AvgIpc) is 2.48. The Kier molecular flexibility index (Phi) is 3.48. The lowest BCUT2D eigenvalue weighted by Crippen LogP contribution is -1.90. The first kappa shape index (κ1) is 9.47. The van der Waals surface area contributed by atoms with Gasteiger partial charge in [0.05, 0.1) is 10.6 Å². The number of hydrogen-bond acceptors (Lipinski definition) is 5. The fourth-order valence-electron chi connectivity index (χ4n) is 0.698. The van der Waals surface area contributed by atoms with Crippen LogP contribution in [-0.4, -0.2) is 10.2 Å². The van der Waals surface area contributed by atoms with Crippen LogP contribution in [0.1, 0.15) is 10.6 Å². The molecular formula is C7H8N2OS2. The van der Waals surface area contributed by atoms with Gasteiger partial charge in [0.25, 0.3) is 0 Å². The number of nitrogens with zero attached hydrogens (tertiary/aromatic N) is 1. The van der Waals surface area contributed by atoms with Gasteiger partial charge >= 0.3 is 0 Å². The molecule has 2 N–H and O–H groups in total. The van der Waals surface area contributed by atoms with Crippen LogP contribution in [-0.2, 0) is 0 Å². The van der Waals surface area contributed by atoms with Gasteiger partial charge in [-0.25, -0.2) is 4.98 Å². The van der Waals surface area contributed by atoms with Crippen molar-refractivity contribution in [3.05, 3.63) is 23.7 Å². The van der Waals surface area contributed by atoms with Crippen LogP contribution < -0.4 is 4.89 Å². The van der Waals surface area contributed by atoms with E-state index in [-0.39, 0.29) is 0 Å². The lowest BCUT2D eigenvalue weighted by molar-refractivity contribution is 0.258. The molecule has 0 aliphatic carbocycles. The van der Waals surface area contributed by atoms with E-state index in [1.54, 1.807) is 12.2 Å². The highest BCUT2D eigenvalue weighted by Gasteiger charge is 2.05. The molecular weight excluding hydrogens is 192 g/mol. The third kappa shape index (κ3) is 1.95. The molecule has 12 heavy (non-hydrogen) atoms. The topological polar surface area (TPSA) is 45.2 Å². The Morgan fingerprint density at radius 1 is 1.50 bits per heavy atom. The first-order valence-electron chi connectivity index (χ1n) is 3.13. The Morgan fingerprint density at radius 2 is 2.25 bits per heavy atom. The molecule has 1 heterocycles. The van der Waals surface area contributed by atoms with Crippen molar-refractivity contribution in [1.82, 2.24) is 9.87 Å². The number of rotatable bonds is 4. The Hall–Kier alpha value is -0.620. The molecule has 1 aromatic heterocycles. The Labute approximate surface area is 78.9 Å². The van der Waals surface area contributed by atoms with Gasteiger partial charge in [0.15, 0.2) is 4.34 Å². The van der Waals surface area contributed by atoms with Gasteiger partial charge in [0.1, 0.15) is 0 Å². The summed E-state index contributed by atoms with van der Waals surface area (Å²) >= 11 is 2.51. The van der Waals surface area contributed by atoms with Crippen molar-refractivity contribution in [2.75, 3.05) is 0 Å². The maximum absolute atomic E-state index is 8.39. The SMILES string of the molecule is C=Cc1nc(SNO)sc1C=C. The second-order valence-electron chi connectivity index (χ2n) is 1.83. The van der Waals surface area contributed by atoms with Crippen LogP contribution in [0, 0.1) is 0 Å². The Balaban J connectivity index is 2.96. The van der Waals surface area contributed by atoms with Crippen molar-refractivity contribution in [1.29, 1.82) is 0 Å². The van der Waals surface area contributed by atoms with E-state index in [1.165, 1.54) is 11.3 Å². The summed E-state index contributed by atoms with van der Waals surface area (Å²) in [5, 5.41) is 8.39. The van der Waals surface area contributed by atoms with Gasteiger partial charge < -0.3 is 5.21 Å². The van der Waals surface area contributed by atoms with E-state index in [0.717, 1.165) is 26.9 Å². The lowest BCUT2D eigenvalue weighted by atomic mass is 10.3. The maximum atomic E-state index is 8.39. The molecule has 0 amide bonds. The summed E-state index contributed by atoms with van der Waals surface area (Å²) in [6.07, 6.45) is 3.38. The normalized spacial score (nSPS) is 9.75. The van der Waals surface area contributed by atoms with Crippen LogP contribution in [0.3, 0.4) is 0 Å². The molecule has 0 saturated heterocycles. The van der Waals surface area contributed by atoms with Crippen molar-refractivity contribution < 1.29 is 5.21 Å². The summed E-state index contributed by atoms with van der Waals surface area (Å²) in [7, 11) is 0. The molecule has 0 fully saturated rings. The van der Waals surface area contributed by atoms with Crippen molar-refractivity contribution in [3.63, 3.8) is 0 Å². The van der Waals surface area contributed by atoms with E-state index in [4.69, 9.17) is 5.21 Å². The quantitative estimate of drug-likeness (QED) is 0.578. The molecule has 0 saturated carbocycles. The predicted molar refractivity (Wildman–Crippen MR) is 53.1 cm³/mol. The van der Waals surface area contributed by atoms with Gasteiger partial charge in [-0.15, -0.1) is 16.2 Å². The van der Waals surface area contributed by atoms with Crippen LogP contribution in [0.4, 0.5) is 0 Å². The van der Waals surface area contributed by atoms with Crippen molar-refractivity contribution >= 4 is 35.4 Å². The van der Waals surface area contributed by atoms with Crippen LogP contribution in [0.2, 0.25) is 0 Å². The molecule has 5 heteroatoms. The number of thiazole rings is 1. The van der Waals surface area contributed by atoms with Gasteiger partial charge in [0.2, 0.25) is 0 Å². The molecule has 0 aromatic carbocycles. The van der Waals surface area contributed by atoms with E-state index in [0.29, 0.717) is 0 Å². The second kappa shape index (κ2) is 4.42. The summed E-state index contributed by atoms with van der Waals surface area (Å²) in [5.41, 5.74) is 0.799. The minimum Gasteiger partial charge on any atom is -0.306 e. The smallest absolute Gasteiger partial charge is 0.168 e. The summed E-state index contributed by atoms with van der Waals surface area (Å²) < 4.78 is 0.738. The fraction of sp³-hybridized carbons (Fsp3) is 0. The zero-order chi connectivity index (χ0) is 8.97. The minimum absolute atomic E-state index is 0.738. The first-order valence-corrected chi connectivity index (χ1v) is 4.76. The predicted octanol–water partition coefficient (Wildman–Crippen LogP) is 2.42. The molecule has 1 aromatic rings.